The van der Waals surface area contributed by atoms with Crippen molar-refractivity contribution in [3.63, 3.8) is 0 Å². The highest BCUT2D eigenvalue weighted by Gasteiger charge is 2.21. The number of benzene rings is 1. The van der Waals surface area contributed by atoms with Gasteiger partial charge in [-0.05, 0) is 49.3 Å². The standard InChI is InChI=1S/C20H27N3O2/c1-15(2)16-6-8-18(9-7-16)22-20(25)17(13-21)14-23-11-4-3-5-19(23)10-12-24/h6-9,14-15,19,24H,3-5,10-12H2,1-2H3,(H,22,25)/b17-14-. The molecule has 25 heavy (non-hydrogen) atoms. The number of amides is 1. The molecule has 1 aliphatic rings. The molecule has 0 aromatic heterocycles. The Morgan fingerprint density at radius 1 is 1.40 bits per heavy atom. The molecule has 1 fully saturated rings. The number of rotatable bonds is 6. The van der Waals surface area contributed by atoms with E-state index >= 15 is 0 Å². The third kappa shape index (κ3) is 5.33. The highest BCUT2D eigenvalue weighted by molar-refractivity contribution is 6.06. The maximum absolute atomic E-state index is 12.4. The van der Waals surface area contributed by atoms with E-state index in [9.17, 15) is 15.2 Å². The van der Waals surface area contributed by atoms with E-state index < -0.39 is 5.91 Å². The van der Waals surface area contributed by atoms with E-state index in [0.717, 1.165) is 25.8 Å². The van der Waals surface area contributed by atoms with Crippen LogP contribution in [0, 0.1) is 11.3 Å². The predicted molar refractivity (Wildman–Crippen MR) is 98.9 cm³/mol. The summed E-state index contributed by atoms with van der Waals surface area (Å²) in [5.74, 6) is 0.0370. The molecule has 134 valence electrons. The van der Waals surface area contributed by atoms with Gasteiger partial charge in [-0.2, -0.15) is 5.26 Å². The van der Waals surface area contributed by atoms with Crippen molar-refractivity contribution in [3.05, 3.63) is 41.6 Å². The number of hydrogen-bond donors (Lipinski definition) is 2. The van der Waals surface area contributed by atoms with E-state index in [4.69, 9.17) is 0 Å². The van der Waals surface area contributed by atoms with Crippen molar-refractivity contribution in [2.24, 2.45) is 0 Å². The van der Waals surface area contributed by atoms with Gasteiger partial charge in [-0.3, -0.25) is 4.79 Å². The quantitative estimate of drug-likeness (QED) is 0.614. The summed E-state index contributed by atoms with van der Waals surface area (Å²) in [6, 6.07) is 9.89. The zero-order valence-corrected chi connectivity index (χ0v) is 15.0. The lowest BCUT2D eigenvalue weighted by molar-refractivity contribution is -0.112. The normalized spacial score (nSPS) is 18.1. The molecule has 5 heteroatoms. The third-order valence-corrected chi connectivity index (χ3v) is 4.63. The van der Waals surface area contributed by atoms with Crippen LogP contribution in [-0.4, -0.2) is 35.1 Å². The third-order valence-electron chi connectivity index (χ3n) is 4.63. The maximum atomic E-state index is 12.4. The minimum atomic E-state index is -0.395. The fourth-order valence-electron chi connectivity index (χ4n) is 3.11. The van der Waals surface area contributed by atoms with Crippen molar-refractivity contribution >= 4 is 11.6 Å². The van der Waals surface area contributed by atoms with Crippen LogP contribution in [0.4, 0.5) is 5.69 Å². The molecule has 0 radical (unpaired) electrons. The zero-order valence-electron chi connectivity index (χ0n) is 15.0. The maximum Gasteiger partial charge on any atom is 0.267 e. The molecule has 1 aromatic carbocycles. The minimum absolute atomic E-state index is 0.0952. The molecule has 1 amide bonds. The van der Waals surface area contributed by atoms with Crippen LogP contribution in [0.25, 0.3) is 0 Å². The van der Waals surface area contributed by atoms with Crippen LogP contribution < -0.4 is 5.32 Å². The van der Waals surface area contributed by atoms with Crippen molar-refractivity contribution in [1.82, 2.24) is 4.90 Å². The molecule has 5 nitrogen and oxygen atoms in total. The molecule has 0 saturated carbocycles. The second kappa shape index (κ2) is 9.24. The molecular formula is C20H27N3O2. The molecule has 0 bridgehead atoms. The summed E-state index contributed by atoms with van der Waals surface area (Å²) in [5, 5.41) is 21.4. The summed E-state index contributed by atoms with van der Waals surface area (Å²) in [6.45, 7) is 5.16. The average molecular weight is 341 g/mol. The molecule has 2 rings (SSSR count). The summed E-state index contributed by atoms with van der Waals surface area (Å²) >= 11 is 0. The summed E-state index contributed by atoms with van der Waals surface area (Å²) in [6.07, 6.45) is 5.44. The van der Waals surface area contributed by atoms with E-state index in [1.165, 1.54) is 5.56 Å². The number of nitriles is 1. The lowest BCUT2D eigenvalue weighted by Gasteiger charge is -2.34. The Kier molecular flexibility index (Phi) is 7.03. The average Bonchev–Trinajstić information content (AvgIpc) is 2.61. The Morgan fingerprint density at radius 2 is 2.12 bits per heavy atom. The van der Waals surface area contributed by atoms with Gasteiger partial charge in [-0.1, -0.05) is 26.0 Å². The lowest BCUT2D eigenvalue weighted by atomic mass is 10.00. The lowest BCUT2D eigenvalue weighted by Crippen LogP contribution is -2.37. The Balaban J connectivity index is 2.08. The first-order valence-electron chi connectivity index (χ1n) is 8.95. The summed E-state index contributed by atoms with van der Waals surface area (Å²) in [4.78, 5) is 14.5. The van der Waals surface area contributed by atoms with Gasteiger partial charge in [0.2, 0.25) is 0 Å². The Hall–Kier alpha value is -2.32. The molecule has 2 N–H and O–H groups in total. The van der Waals surface area contributed by atoms with Crippen LogP contribution in [0.3, 0.4) is 0 Å². The smallest absolute Gasteiger partial charge is 0.267 e. The van der Waals surface area contributed by atoms with Gasteiger partial charge < -0.3 is 15.3 Å². The van der Waals surface area contributed by atoms with Gasteiger partial charge in [0, 0.05) is 31.1 Å². The van der Waals surface area contributed by atoms with Gasteiger partial charge in [0.25, 0.3) is 5.91 Å². The number of piperidine rings is 1. The highest BCUT2D eigenvalue weighted by Crippen LogP contribution is 2.21. The molecule has 1 atom stereocenters. The highest BCUT2D eigenvalue weighted by atomic mass is 16.3. The van der Waals surface area contributed by atoms with Crippen LogP contribution >= 0.6 is 0 Å². The molecule has 1 aliphatic heterocycles. The number of carbonyl (C=O) groups is 1. The Labute approximate surface area is 150 Å². The van der Waals surface area contributed by atoms with Crippen molar-refractivity contribution in [1.29, 1.82) is 5.26 Å². The van der Waals surface area contributed by atoms with E-state index in [0.29, 0.717) is 18.0 Å². The largest absolute Gasteiger partial charge is 0.396 e. The van der Waals surface area contributed by atoms with Gasteiger partial charge in [-0.15, -0.1) is 0 Å². The van der Waals surface area contributed by atoms with E-state index in [1.807, 2.05) is 35.2 Å². The van der Waals surface area contributed by atoms with Gasteiger partial charge >= 0.3 is 0 Å². The zero-order chi connectivity index (χ0) is 18.2. The first-order valence-corrected chi connectivity index (χ1v) is 8.95. The minimum Gasteiger partial charge on any atom is -0.396 e. The second-order valence-electron chi connectivity index (χ2n) is 6.79. The van der Waals surface area contributed by atoms with Crippen molar-refractivity contribution in [3.8, 4) is 6.07 Å². The van der Waals surface area contributed by atoms with Crippen molar-refractivity contribution in [2.45, 2.75) is 51.5 Å². The topological polar surface area (TPSA) is 76.4 Å². The van der Waals surface area contributed by atoms with Gasteiger partial charge in [0.15, 0.2) is 0 Å². The molecule has 1 saturated heterocycles. The van der Waals surface area contributed by atoms with E-state index in [1.54, 1.807) is 6.20 Å². The Morgan fingerprint density at radius 3 is 2.72 bits per heavy atom. The Bertz CT molecular complexity index is 642. The van der Waals surface area contributed by atoms with Gasteiger partial charge in [-0.25, -0.2) is 0 Å². The van der Waals surface area contributed by atoms with Crippen LogP contribution in [0.1, 0.15) is 51.0 Å². The number of aliphatic hydroxyl groups is 1. The SMILES string of the molecule is CC(C)c1ccc(NC(=O)/C(C#N)=C\N2CCCCC2CCO)cc1. The van der Waals surface area contributed by atoms with Crippen LogP contribution in [0.2, 0.25) is 0 Å². The van der Waals surface area contributed by atoms with Crippen LogP contribution in [-0.2, 0) is 4.79 Å². The van der Waals surface area contributed by atoms with Crippen molar-refractivity contribution < 1.29 is 9.90 Å². The van der Waals surface area contributed by atoms with E-state index in [-0.39, 0.29) is 18.2 Å². The monoisotopic (exact) mass is 341 g/mol. The number of carbonyl (C=O) groups excluding carboxylic acids is 1. The molecule has 1 aromatic rings. The fourth-order valence-corrected chi connectivity index (χ4v) is 3.11. The predicted octanol–water partition coefficient (Wildman–Crippen LogP) is 3.39. The molecule has 0 spiro atoms. The van der Waals surface area contributed by atoms with Gasteiger partial charge in [0.05, 0.1) is 0 Å². The van der Waals surface area contributed by atoms with Crippen LogP contribution in [0.5, 0.6) is 0 Å². The van der Waals surface area contributed by atoms with E-state index in [2.05, 4.69) is 19.2 Å². The molecular weight excluding hydrogens is 314 g/mol. The number of aliphatic hydroxyl groups excluding tert-OH is 1. The summed E-state index contributed by atoms with van der Waals surface area (Å²) in [7, 11) is 0. The number of nitrogens with one attached hydrogen (secondary N) is 1. The second-order valence-corrected chi connectivity index (χ2v) is 6.79. The summed E-state index contributed by atoms with van der Waals surface area (Å²) < 4.78 is 0. The van der Waals surface area contributed by atoms with Crippen molar-refractivity contribution in [2.75, 3.05) is 18.5 Å². The fraction of sp³-hybridized carbons (Fsp3) is 0.500. The van der Waals surface area contributed by atoms with Crippen LogP contribution in [0.15, 0.2) is 36.0 Å². The number of nitrogens with zero attached hydrogens (tertiary/aromatic N) is 2. The molecule has 1 heterocycles. The summed E-state index contributed by atoms with van der Waals surface area (Å²) in [5.41, 5.74) is 1.98. The number of hydrogen-bond acceptors (Lipinski definition) is 4. The first kappa shape index (κ1) is 19.0. The number of likely N-dealkylation sites (tertiary alicyclic amines) is 1. The molecule has 1 unspecified atom stereocenters. The molecule has 0 aliphatic carbocycles. The number of anilines is 1. The first-order chi connectivity index (χ1) is 12.0. The van der Waals surface area contributed by atoms with Gasteiger partial charge in [0.1, 0.15) is 11.6 Å².